The van der Waals surface area contributed by atoms with E-state index in [4.69, 9.17) is 23.8 Å². The molecule has 3 aromatic rings. The molecule has 1 aliphatic rings. The van der Waals surface area contributed by atoms with Crippen LogP contribution in [-0.4, -0.2) is 10.2 Å². The summed E-state index contributed by atoms with van der Waals surface area (Å²) in [6.45, 7) is 0. The van der Waals surface area contributed by atoms with Crippen molar-refractivity contribution in [3.05, 3.63) is 82.2 Å². The van der Waals surface area contributed by atoms with Crippen LogP contribution < -0.4 is 4.90 Å². The first-order valence-electron chi connectivity index (χ1n) is 7.64. The summed E-state index contributed by atoms with van der Waals surface area (Å²) in [5.74, 6) is -0.120. The minimum atomic E-state index is -0.120. The van der Waals surface area contributed by atoms with Gasteiger partial charge in [-0.1, -0.05) is 78.0 Å². The monoisotopic (exact) mass is 381 g/mol. The molecule has 122 valence electrons. The molecule has 0 N–H and O–H groups in total. The van der Waals surface area contributed by atoms with Gasteiger partial charge in [-0.3, -0.25) is 9.69 Å². The molecule has 2 nitrogen and oxygen atoms in total. The maximum atomic E-state index is 12.8. The summed E-state index contributed by atoms with van der Waals surface area (Å²) in [4.78, 5) is 14.9. The van der Waals surface area contributed by atoms with Crippen LogP contribution in [0.15, 0.2) is 71.6 Å². The minimum Gasteiger partial charge on any atom is -0.268 e. The molecule has 3 aromatic carbocycles. The van der Waals surface area contributed by atoms with Crippen LogP contribution in [-0.2, 0) is 4.79 Å². The highest BCUT2D eigenvalue weighted by Gasteiger charge is 2.33. The Morgan fingerprint density at radius 2 is 1.76 bits per heavy atom. The van der Waals surface area contributed by atoms with Gasteiger partial charge < -0.3 is 0 Å². The van der Waals surface area contributed by atoms with Gasteiger partial charge in [-0.05, 0) is 46.7 Å². The molecular formula is C20H12ClNOS2. The Hall–Kier alpha value is -2.14. The molecule has 0 spiro atoms. The minimum absolute atomic E-state index is 0.120. The number of carbonyl (C=O) groups excluding carboxylic acids is 1. The molecule has 4 rings (SSSR count). The molecule has 1 saturated heterocycles. The second kappa shape index (κ2) is 6.64. The van der Waals surface area contributed by atoms with Gasteiger partial charge in [-0.2, -0.15) is 0 Å². The molecule has 0 unspecified atom stereocenters. The fourth-order valence-electron chi connectivity index (χ4n) is 2.75. The number of benzene rings is 3. The number of fused-ring (bicyclic) bond motifs is 1. The quantitative estimate of drug-likeness (QED) is 0.407. The van der Waals surface area contributed by atoms with Gasteiger partial charge in [0.2, 0.25) is 0 Å². The predicted octanol–water partition coefficient (Wildman–Crippen LogP) is 5.90. The number of thiocarbonyl (C=S) groups is 1. The number of hydrogen-bond donors (Lipinski definition) is 0. The van der Waals surface area contributed by atoms with Gasteiger partial charge in [0.1, 0.15) is 0 Å². The van der Waals surface area contributed by atoms with E-state index in [0.717, 1.165) is 10.9 Å². The van der Waals surface area contributed by atoms with E-state index in [-0.39, 0.29) is 5.91 Å². The van der Waals surface area contributed by atoms with Crippen molar-refractivity contribution in [1.82, 2.24) is 0 Å². The van der Waals surface area contributed by atoms with Crippen LogP contribution in [0.3, 0.4) is 0 Å². The van der Waals surface area contributed by atoms with Crippen LogP contribution in [0.4, 0.5) is 5.69 Å². The Bertz CT molecular complexity index is 1040. The van der Waals surface area contributed by atoms with Gasteiger partial charge in [0.05, 0.1) is 10.6 Å². The second-order valence-corrected chi connectivity index (χ2v) is 7.72. The van der Waals surface area contributed by atoms with Crippen LogP contribution in [0.5, 0.6) is 0 Å². The molecule has 1 fully saturated rings. The molecule has 1 aliphatic heterocycles. The Balaban J connectivity index is 1.69. The molecule has 0 saturated carbocycles. The topological polar surface area (TPSA) is 20.3 Å². The average Bonchev–Trinajstić information content (AvgIpc) is 2.88. The number of nitrogens with zero attached hydrogens (tertiary/aromatic N) is 1. The lowest BCUT2D eigenvalue weighted by Gasteiger charge is -2.14. The first-order chi connectivity index (χ1) is 12.1. The summed E-state index contributed by atoms with van der Waals surface area (Å²) < 4.78 is 0.513. The van der Waals surface area contributed by atoms with Crippen LogP contribution in [0.2, 0.25) is 5.02 Å². The Labute approximate surface area is 160 Å². The van der Waals surface area contributed by atoms with Gasteiger partial charge in [0.25, 0.3) is 5.91 Å². The highest BCUT2D eigenvalue weighted by Crippen LogP contribution is 2.36. The zero-order valence-electron chi connectivity index (χ0n) is 13.0. The van der Waals surface area contributed by atoms with Crippen LogP contribution >= 0.6 is 35.6 Å². The summed E-state index contributed by atoms with van der Waals surface area (Å²) >= 11 is 12.7. The maximum Gasteiger partial charge on any atom is 0.270 e. The number of hydrogen-bond acceptors (Lipinski definition) is 3. The standard InChI is InChI=1S/C20H12ClNOS2/c21-16-6-3-7-17(12-16)22-19(23)18(25-20(22)24)11-13-8-9-14-4-1-2-5-15(14)10-13/h1-12H. The summed E-state index contributed by atoms with van der Waals surface area (Å²) in [5, 5.41) is 2.89. The van der Waals surface area contributed by atoms with Crippen molar-refractivity contribution >= 4 is 68.3 Å². The largest absolute Gasteiger partial charge is 0.270 e. The van der Waals surface area contributed by atoms with Crippen molar-refractivity contribution < 1.29 is 4.79 Å². The SMILES string of the molecule is O=C1C(=Cc2ccc3ccccc3c2)SC(=S)N1c1cccc(Cl)c1. The average molecular weight is 382 g/mol. The van der Waals surface area contributed by atoms with Gasteiger partial charge in [0, 0.05) is 5.02 Å². The molecule has 25 heavy (non-hydrogen) atoms. The Morgan fingerprint density at radius 1 is 0.960 bits per heavy atom. The molecule has 0 aliphatic carbocycles. The number of thioether (sulfide) groups is 1. The molecule has 1 amide bonds. The Morgan fingerprint density at radius 3 is 2.56 bits per heavy atom. The number of anilines is 1. The first kappa shape index (κ1) is 16.3. The molecular weight excluding hydrogens is 370 g/mol. The molecule has 0 atom stereocenters. The first-order valence-corrected chi connectivity index (χ1v) is 9.24. The molecule has 0 bridgehead atoms. The summed E-state index contributed by atoms with van der Waals surface area (Å²) in [6.07, 6.45) is 1.89. The highest BCUT2D eigenvalue weighted by atomic mass is 35.5. The number of carbonyl (C=O) groups is 1. The molecule has 5 heteroatoms. The fraction of sp³-hybridized carbons (Fsp3) is 0. The van der Waals surface area contributed by atoms with Crippen molar-refractivity contribution in [3.63, 3.8) is 0 Å². The smallest absolute Gasteiger partial charge is 0.268 e. The van der Waals surface area contributed by atoms with E-state index >= 15 is 0 Å². The zero-order chi connectivity index (χ0) is 17.4. The summed E-state index contributed by atoms with van der Waals surface area (Å²) in [7, 11) is 0. The van der Waals surface area contributed by atoms with Crippen molar-refractivity contribution in [3.8, 4) is 0 Å². The lowest BCUT2D eigenvalue weighted by molar-refractivity contribution is -0.113. The molecule has 1 heterocycles. The van der Waals surface area contributed by atoms with Crippen molar-refractivity contribution in [2.24, 2.45) is 0 Å². The Kier molecular flexibility index (Phi) is 4.34. The van der Waals surface area contributed by atoms with Crippen LogP contribution in [0, 0.1) is 0 Å². The van der Waals surface area contributed by atoms with E-state index < -0.39 is 0 Å². The normalized spacial score (nSPS) is 16.2. The van der Waals surface area contributed by atoms with Gasteiger partial charge in [-0.25, -0.2) is 0 Å². The fourth-order valence-corrected chi connectivity index (χ4v) is 4.24. The number of halogens is 1. The lowest BCUT2D eigenvalue weighted by atomic mass is 10.1. The van der Waals surface area contributed by atoms with Gasteiger partial charge >= 0.3 is 0 Å². The van der Waals surface area contributed by atoms with E-state index in [0.29, 0.717) is 19.9 Å². The van der Waals surface area contributed by atoms with Crippen molar-refractivity contribution in [2.75, 3.05) is 4.90 Å². The zero-order valence-corrected chi connectivity index (χ0v) is 15.4. The van der Waals surface area contributed by atoms with Crippen LogP contribution in [0.25, 0.3) is 16.8 Å². The van der Waals surface area contributed by atoms with Crippen molar-refractivity contribution in [2.45, 2.75) is 0 Å². The highest BCUT2D eigenvalue weighted by molar-refractivity contribution is 8.27. The third kappa shape index (κ3) is 3.21. The predicted molar refractivity (Wildman–Crippen MR) is 111 cm³/mol. The number of rotatable bonds is 2. The van der Waals surface area contributed by atoms with Crippen LogP contribution in [0.1, 0.15) is 5.56 Å². The molecule has 0 radical (unpaired) electrons. The lowest BCUT2D eigenvalue weighted by Crippen LogP contribution is -2.27. The second-order valence-electron chi connectivity index (χ2n) is 5.60. The van der Waals surface area contributed by atoms with E-state index in [9.17, 15) is 4.79 Å². The number of amides is 1. The van der Waals surface area contributed by atoms with Gasteiger partial charge in [-0.15, -0.1) is 0 Å². The van der Waals surface area contributed by atoms with Crippen molar-refractivity contribution in [1.29, 1.82) is 0 Å². The van der Waals surface area contributed by atoms with E-state index in [1.165, 1.54) is 22.0 Å². The maximum absolute atomic E-state index is 12.8. The summed E-state index contributed by atoms with van der Waals surface area (Å²) in [5.41, 5.74) is 1.67. The third-order valence-electron chi connectivity index (χ3n) is 3.93. The van der Waals surface area contributed by atoms with E-state index in [1.807, 2.05) is 36.4 Å². The molecule has 0 aromatic heterocycles. The summed E-state index contributed by atoms with van der Waals surface area (Å²) in [6, 6.07) is 21.4. The van der Waals surface area contributed by atoms with E-state index in [2.05, 4.69) is 24.3 Å². The third-order valence-corrected chi connectivity index (χ3v) is 5.47. The van der Waals surface area contributed by atoms with Gasteiger partial charge in [0.15, 0.2) is 4.32 Å². The van der Waals surface area contributed by atoms with E-state index in [1.54, 1.807) is 12.1 Å².